The highest BCUT2D eigenvalue weighted by Crippen LogP contribution is 2.52. The van der Waals surface area contributed by atoms with Crippen LogP contribution in [0.4, 0.5) is 13.2 Å². The topological polar surface area (TPSA) is 23.8 Å². The van der Waals surface area contributed by atoms with Crippen molar-refractivity contribution in [1.29, 1.82) is 5.26 Å². The highest BCUT2D eigenvalue weighted by atomic mass is 32.2. The van der Waals surface area contributed by atoms with Crippen molar-refractivity contribution in [3.63, 3.8) is 0 Å². The molecule has 16 heavy (non-hydrogen) atoms. The molecule has 1 fully saturated rings. The van der Waals surface area contributed by atoms with Crippen LogP contribution in [0.2, 0.25) is 0 Å². The molecule has 0 aliphatic heterocycles. The van der Waals surface area contributed by atoms with Gasteiger partial charge in [-0.05, 0) is 36.2 Å². The number of hydrogen-bond acceptors (Lipinski definition) is 2. The zero-order valence-electron chi connectivity index (χ0n) is 8.21. The second-order valence-corrected chi connectivity index (χ2v) is 4.84. The van der Waals surface area contributed by atoms with Gasteiger partial charge in [-0.2, -0.15) is 18.4 Å². The minimum absolute atomic E-state index is 0.142. The summed E-state index contributed by atoms with van der Waals surface area (Å²) in [6.45, 7) is 0. The SMILES string of the molecule is N#CC1(c2ccccc2SC(F)(F)F)CC1. The molecular formula is C11H8F3NS. The van der Waals surface area contributed by atoms with Gasteiger partial charge < -0.3 is 0 Å². The molecule has 0 bridgehead atoms. The van der Waals surface area contributed by atoms with Crippen LogP contribution in [0, 0.1) is 11.3 Å². The Hall–Kier alpha value is -1.15. The molecule has 5 heteroatoms. The number of benzene rings is 1. The van der Waals surface area contributed by atoms with Gasteiger partial charge in [0, 0.05) is 4.90 Å². The summed E-state index contributed by atoms with van der Waals surface area (Å²) in [6.07, 6.45) is 1.30. The molecule has 0 N–H and O–H groups in total. The van der Waals surface area contributed by atoms with Gasteiger partial charge in [-0.15, -0.1) is 0 Å². The first-order chi connectivity index (χ1) is 7.47. The molecule has 0 spiro atoms. The maximum Gasteiger partial charge on any atom is 0.446 e. The van der Waals surface area contributed by atoms with Crippen LogP contribution in [0.15, 0.2) is 29.2 Å². The zero-order chi connectivity index (χ0) is 11.8. The summed E-state index contributed by atoms with van der Waals surface area (Å²) in [5.41, 5.74) is -4.46. The Morgan fingerprint density at radius 3 is 2.38 bits per heavy atom. The first-order valence-corrected chi connectivity index (χ1v) is 5.55. The fourth-order valence-corrected chi connectivity index (χ4v) is 2.41. The van der Waals surface area contributed by atoms with Gasteiger partial charge in [0.05, 0.1) is 11.5 Å². The minimum atomic E-state index is -4.30. The lowest BCUT2D eigenvalue weighted by Crippen LogP contribution is -2.07. The van der Waals surface area contributed by atoms with Crippen LogP contribution >= 0.6 is 11.8 Å². The smallest absolute Gasteiger partial charge is 0.197 e. The second kappa shape index (κ2) is 3.70. The molecule has 0 unspecified atom stereocenters. The molecule has 84 valence electrons. The molecule has 1 aliphatic rings. The third kappa shape index (κ3) is 2.17. The van der Waals surface area contributed by atoms with E-state index in [4.69, 9.17) is 5.26 Å². The van der Waals surface area contributed by atoms with Crippen LogP contribution in [0.1, 0.15) is 18.4 Å². The van der Waals surface area contributed by atoms with E-state index in [0.29, 0.717) is 18.4 Å². The largest absolute Gasteiger partial charge is 0.446 e. The van der Waals surface area contributed by atoms with Crippen LogP contribution < -0.4 is 0 Å². The van der Waals surface area contributed by atoms with E-state index in [0.717, 1.165) is 0 Å². The van der Waals surface area contributed by atoms with Crippen LogP contribution in [-0.4, -0.2) is 5.51 Å². The van der Waals surface area contributed by atoms with E-state index in [9.17, 15) is 13.2 Å². The molecule has 1 saturated carbocycles. The van der Waals surface area contributed by atoms with Crippen molar-refractivity contribution in [3.8, 4) is 6.07 Å². The van der Waals surface area contributed by atoms with Crippen LogP contribution in [0.3, 0.4) is 0 Å². The van der Waals surface area contributed by atoms with E-state index in [1.807, 2.05) is 0 Å². The summed E-state index contributed by atoms with van der Waals surface area (Å²) < 4.78 is 36.9. The Bertz CT molecular complexity index is 443. The average molecular weight is 243 g/mol. The standard InChI is InChI=1S/C11H8F3NS/c12-11(13,14)16-9-4-2-1-3-8(9)10(7-15)5-6-10/h1-4H,5-6H2. The Balaban J connectivity index is 2.36. The third-order valence-corrected chi connectivity index (χ3v) is 3.40. The van der Waals surface area contributed by atoms with Crippen LogP contribution in [0.25, 0.3) is 0 Å². The number of halogens is 3. The van der Waals surface area contributed by atoms with Gasteiger partial charge in [-0.1, -0.05) is 18.2 Å². The Morgan fingerprint density at radius 1 is 1.25 bits per heavy atom. The maximum absolute atomic E-state index is 12.3. The Labute approximate surface area is 95.3 Å². The Kier molecular flexibility index (Phi) is 2.62. The number of nitrogens with zero attached hydrogens (tertiary/aromatic N) is 1. The summed E-state index contributed by atoms with van der Waals surface area (Å²) in [7, 11) is 0. The van der Waals surface area contributed by atoms with E-state index in [2.05, 4.69) is 6.07 Å². The number of hydrogen-bond donors (Lipinski definition) is 0. The summed E-state index contributed by atoms with van der Waals surface area (Å²) in [4.78, 5) is 0.147. The van der Waals surface area contributed by atoms with E-state index < -0.39 is 10.9 Å². The first kappa shape index (κ1) is 11.3. The van der Waals surface area contributed by atoms with Crippen LogP contribution in [0.5, 0.6) is 0 Å². The number of thioether (sulfide) groups is 1. The molecule has 1 aliphatic carbocycles. The molecule has 0 aromatic heterocycles. The van der Waals surface area contributed by atoms with Crippen molar-refractivity contribution in [1.82, 2.24) is 0 Å². The van der Waals surface area contributed by atoms with Gasteiger partial charge in [0.25, 0.3) is 0 Å². The molecule has 1 aromatic rings. The quantitative estimate of drug-likeness (QED) is 0.736. The molecular weight excluding hydrogens is 235 g/mol. The van der Waals surface area contributed by atoms with Crippen molar-refractivity contribution in [3.05, 3.63) is 29.8 Å². The summed E-state index contributed by atoms with van der Waals surface area (Å²) in [5.74, 6) is 0. The van der Waals surface area contributed by atoms with E-state index in [-0.39, 0.29) is 16.7 Å². The fourth-order valence-electron chi connectivity index (χ4n) is 1.64. The zero-order valence-corrected chi connectivity index (χ0v) is 9.03. The van der Waals surface area contributed by atoms with Gasteiger partial charge in [0.1, 0.15) is 0 Å². The predicted octanol–water partition coefficient (Wildman–Crippen LogP) is 3.85. The molecule has 2 rings (SSSR count). The normalized spacial score (nSPS) is 17.9. The van der Waals surface area contributed by atoms with Gasteiger partial charge in [0.2, 0.25) is 0 Å². The number of nitriles is 1. The number of alkyl halides is 3. The minimum Gasteiger partial charge on any atom is -0.197 e. The molecule has 0 amide bonds. The molecule has 1 nitrogen and oxygen atoms in total. The summed E-state index contributed by atoms with van der Waals surface area (Å²) in [5, 5.41) is 8.99. The third-order valence-electron chi connectivity index (χ3n) is 2.59. The summed E-state index contributed by atoms with van der Waals surface area (Å²) in [6, 6.07) is 8.39. The molecule has 0 radical (unpaired) electrons. The monoisotopic (exact) mass is 243 g/mol. The second-order valence-electron chi connectivity index (χ2n) is 3.74. The van der Waals surface area contributed by atoms with Gasteiger partial charge in [-0.25, -0.2) is 0 Å². The first-order valence-electron chi connectivity index (χ1n) is 4.73. The average Bonchev–Trinajstić information content (AvgIpc) is 2.97. The van der Waals surface area contributed by atoms with Crippen molar-refractivity contribution in [2.75, 3.05) is 0 Å². The van der Waals surface area contributed by atoms with Crippen molar-refractivity contribution < 1.29 is 13.2 Å². The lowest BCUT2D eigenvalue weighted by molar-refractivity contribution is -0.0328. The summed E-state index contributed by atoms with van der Waals surface area (Å²) >= 11 is -0.142. The molecule has 1 aromatic carbocycles. The highest BCUT2D eigenvalue weighted by Gasteiger charge is 2.47. The highest BCUT2D eigenvalue weighted by molar-refractivity contribution is 8.00. The van der Waals surface area contributed by atoms with Crippen molar-refractivity contribution >= 4 is 11.8 Å². The van der Waals surface area contributed by atoms with Crippen molar-refractivity contribution in [2.45, 2.75) is 28.7 Å². The van der Waals surface area contributed by atoms with E-state index >= 15 is 0 Å². The Morgan fingerprint density at radius 2 is 1.88 bits per heavy atom. The van der Waals surface area contributed by atoms with Gasteiger partial charge in [0.15, 0.2) is 0 Å². The predicted molar refractivity (Wildman–Crippen MR) is 54.9 cm³/mol. The molecule has 0 heterocycles. The van der Waals surface area contributed by atoms with Gasteiger partial charge in [-0.3, -0.25) is 0 Å². The lowest BCUT2D eigenvalue weighted by Gasteiger charge is -2.13. The van der Waals surface area contributed by atoms with Crippen LogP contribution in [-0.2, 0) is 5.41 Å². The van der Waals surface area contributed by atoms with E-state index in [1.54, 1.807) is 18.2 Å². The number of rotatable bonds is 2. The van der Waals surface area contributed by atoms with Crippen molar-refractivity contribution in [2.24, 2.45) is 0 Å². The fraction of sp³-hybridized carbons (Fsp3) is 0.364. The lowest BCUT2D eigenvalue weighted by atomic mass is 9.98. The molecule has 0 saturated heterocycles. The van der Waals surface area contributed by atoms with E-state index in [1.165, 1.54) is 6.07 Å². The van der Waals surface area contributed by atoms with Gasteiger partial charge >= 0.3 is 5.51 Å². The maximum atomic E-state index is 12.3. The molecule has 0 atom stereocenters.